The minimum Gasteiger partial charge on any atom is -0.215 e. The number of hydrogen-bond donors (Lipinski definition) is 0. The van der Waals surface area contributed by atoms with Crippen molar-refractivity contribution >= 4 is 18.1 Å². The molecule has 0 fully saturated rings. The third-order valence-corrected chi connectivity index (χ3v) is 4.42. The monoisotopic (exact) mass is 305 g/mol. The summed E-state index contributed by atoms with van der Waals surface area (Å²) in [5.74, 6) is 0.961. The summed E-state index contributed by atoms with van der Waals surface area (Å²) < 4.78 is 2.33. The second kappa shape index (κ2) is 6.49. The van der Waals surface area contributed by atoms with Crippen molar-refractivity contribution in [1.29, 1.82) is 0 Å². The van der Waals surface area contributed by atoms with Crippen molar-refractivity contribution in [3.8, 4) is 0 Å². The summed E-state index contributed by atoms with van der Waals surface area (Å²) in [4.78, 5) is 4.71. The maximum Gasteiger partial charge on any atom is 0.277 e. The quantitative estimate of drug-likeness (QED) is 0.669. The highest BCUT2D eigenvalue weighted by Crippen LogP contribution is 2.38. The van der Waals surface area contributed by atoms with Gasteiger partial charge in [-0.25, -0.2) is 4.99 Å². The van der Waals surface area contributed by atoms with Crippen LogP contribution in [0.5, 0.6) is 0 Å². The van der Waals surface area contributed by atoms with Gasteiger partial charge in [0.25, 0.3) is 6.17 Å². The van der Waals surface area contributed by atoms with Gasteiger partial charge in [-0.3, -0.25) is 0 Å². The Morgan fingerprint density at radius 1 is 0.826 bits per heavy atom. The standard InChI is InChI=1S/C21H25N2/c1-15(2)18-11-8-12-19(16(3)4)20(18)23-14-13-22-21(23)17-9-6-5-7-10-17/h5-16,21H,1-4H3/q+1. The molecule has 2 aromatic carbocycles. The van der Waals surface area contributed by atoms with Gasteiger partial charge in [-0.15, -0.1) is 0 Å². The Morgan fingerprint density at radius 3 is 2.00 bits per heavy atom. The minimum atomic E-state index is 0.0357. The van der Waals surface area contributed by atoms with Crippen LogP contribution in [0, 0.1) is 0 Å². The molecule has 1 aliphatic rings. The first-order valence-corrected chi connectivity index (χ1v) is 8.42. The molecule has 1 atom stereocenters. The Bertz CT molecular complexity index is 713. The first kappa shape index (κ1) is 15.7. The Morgan fingerprint density at radius 2 is 1.43 bits per heavy atom. The van der Waals surface area contributed by atoms with E-state index in [4.69, 9.17) is 4.99 Å². The Balaban J connectivity index is 2.14. The average molecular weight is 305 g/mol. The second-order valence-corrected chi connectivity index (χ2v) is 6.73. The highest BCUT2D eigenvalue weighted by atomic mass is 15.2. The third kappa shape index (κ3) is 2.98. The van der Waals surface area contributed by atoms with Crippen LogP contribution in [0.1, 0.15) is 62.4 Å². The minimum absolute atomic E-state index is 0.0357. The Kier molecular flexibility index (Phi) is 4.42. The molecule has 118 valence electrons. The Hall–Kier alpha value is -2.22. The van der Waals surface area contributed by atoms with Gasteiger partial charge in [0.15, 0.2) is 6.21 Å². The van der Waals surface area contributed by atoms with Gasteiger partial charge in [-0.2, -0.15) is 4.58 Å². The lowest BCUT2D eigenvalue weighted by Crippen LogP contribution is -2.14. The molecule has 0 saturated carbocycles. The molecule has 2 nitrogen and oxygen atoms in total. The molecule has 3 rings (SSSR count). The molecular formula is C21H25N2+. The number of aliphatic imine (C=N–C) groups is 1. The highest BCUT2D eigenvalue weighted by molar-refractivity contribution is 6.14. The molecule has 0 amide bonds. The summed E-state index contributed by atoms with van der Waals surface area (Å²) in [5.41, 5.74) is 5.33. The van der Waals surface area contributed by atoms with Crippen LogP contribution in [-0.2, 0) is 0 Å². The number of hydrogen-bond acceptors (Lipinski definition) is 1. The predicted octanol–water partition coefficient (Wildman–Crippen LogP) is 5.43. The SMILES string of the molecule is CC(C)c1cccc(C(C)C)c1[N+]1=CC=NC1c1ccccc1. The molecule has 0 bridgehead atoms. The molecule has 1 heterocycles. The van der Waals surface area contributed by atoms with E-state index in [-0.39, 0.29) is 6.17 Å². The van der Waals surface area contributed by atoms with E-state index in [1.807, 2.05) is 6.21 Å². The van der Waals surface area contributed by atoms with Crippen molar-refractivity contribution in [3.05, 3.63) is 65.2 Å². The van der Waals surface area contributed by atoms with Gasteiger partial charge in [0.1, 0.15) is 0 Å². The highest BCUT2D eigenvalue weighted by Gasteiger charge is 2.32. The summed E-state index contributed by atoms with van der Waals surface area (Å²) in [6.45, 7) is 9.05. The van der Waals surface area contributed by atoms with Crippen LogP contribution in [0.15, 0.2) is 53.5 Å². The fourth-order valence-electron chi connectivity index (χ4n) is 3.22. The number of para-hydroxylation sites is 1. The molecule has 2 aromatic rings. The van der Waals surface area contributed by atoms with Crippen LogP contribution < -0.4 is 0 Å². The lowest BCUT2D eigenvalue weighted by Gasteiger charge is -2.18. The first-order chi connectivity index (χ1) is 11.1. The molecule has 0 radical (unpaired) electrons. The van der Waals surface area contributed by atoms with Crippen molar-refractivity contribution < 1.29 is 4.58 Å². The lowest BCUT2D eigenvalue weighted by atomic mass is 9.92. The normalized spacial score (nSPS) is 17.1. The van der Waals surface area contributed by atoms with Gasteiger partial charge in [-0.1, -0.05) is 76.2 Å². The summed E-state index contributed by atoms with van der Waals surface area (Å²) in [6.07, 6.45) is 4.08. The molecule has 0 saturated heterocycles. The second-order valence-electron chi connectivity index (χ2n) is 6.73. The smallest absolute Gasteiger partial charge is 0.215 e. The van der Waals surface area contributed by atoms with E-state index in [1.54, 1.807) is 0 Å². The molecule has 2 heteroatoms. The zero-order valence-electron chi connectivity index (χ0n) is 14.4. The van der Waals surface area contributed by atoms with E-state index >= 15 is 0 Å². The van der Waals surface area contributed by atoms with E-state index in [9.17, 15) is 0 Å². The fraction of sp³-hybridized carbons (Fsp3) is 0.333. The van der Waals surface area contributed by atoms with Gasteiger partial charge in [-0.05, 0) is 11.8 Å². The maximum absolute atomic E-state index is 4.71. The first-order valence-electron chi connectivity index (χ1n) is 8.42. The van der Waals surface area contributed by atoms with Gasteiger partial charge < -0.3 is 0 Å². The summed E-state index contributed by atoms with van der Waals surface area (Å²) in [7, 11) is 0. The van der Waals surface area contributed by atoms with Gasteiger partial charge >= 0.3 is 0 Å². The van der Waals surface area contributed by atoms with Crippen LogP contribution in [0.2, 0.25) is 0 Å². The number of nitrogens with zero attached hydrogens (tertiary/aromatic N) is 2. The largest absolute Gasteiger partial charge is 0.277 e. The Labute approximate surface area is 139 Å². The lowest BCUT2D eigenvalue weighted by molar-refractivity contribution is -0.480. The molecule has 1 unspecified atom stereocenters. The molecule has 0 aliphatic carbocycles. The van der Waals surface area contributed by atoms with Crippen molar-refractivity contribution in [2.75, 3.05) is 0 Å². The zero-order valence-corrected chi connectivity index (χ0v) is 14.4. The van der Waals surface area contributed by atoms with E-state index in [0.29, 0.717) is 11.8 Å². The molecular weight excluding hydrogens is 280 g/mol. The maximum atomic E-state index is 4.71. The number of benzene rings is 2. The van der Waals surface area contributed by atoms with Gasteiger partial charge in [0.05, 0.1) is 6.21 Å². The van der Waals surface area contributed by atoms with Crippen molar-refractivity contribution in [1.82, 2.24) is 0 Å². The topological polar surface area (TPSA) is 15.4 Å². The van der Waals surface area contributed by atoms with Crippen molar-refractivity contribution in [2.24, 2.45) is 4.99 Å². The average Bonchev–Trinajstić information content (AvgIpc) is 3.04. The van der Waals surface area contributed by atoms with E-state index in [0.717, 1.165) is 0 Å². The molecule has 0 N–H and O–H groups in total. The summed E-state index contributed by atoms with van der Waals surface area (Å²) in [5, 5.41) is 0. The zero-order chi connectivity index (χ0) is 16.4. The van der Waals surface area contributed by atoms with Crippen LogP contribution in [0.25, 0.3) is 0 Å². The molecule has 0 aromatic heterocycles. The van der Waals surface area contributed by atoms with E-state index < -0.39 is 0 Å². The van der Waals surface area contributed by atoms with Crippen LogP contribution in [0.4, 0.5) is 5.69 Å². The van der Waals surface area contributed by atoms with E-state index in [2.05, 4.69) is 87.0 Å². The van der Waals surface area contributed by atoms with Gasteiger partial charge in [0.2, 0.25) is 5.69 Å². The summed E-state index contributed by atoms with van der Waals surface area (Å²) >= 11 is 0. The fourth-order valence-corrected chi connectivity index (χ4v) is 3.22. The third-order valence-electron chi connectivity index (χ3n) is 4.42. The van der Waals surface area contributed by atoms with Crippen LogP contribution >= 0.6 is 0 Å². The summed E-state index contributed by atoms with van der Waals surface area (Å²) in [6, 6.07) is 17.2. The molecule has 0 spiro atoms. The molecule has 1 aliphatic heterocycles. The predicted molar refractivity (Wildman–Crippen MR) is 98.3 cm³/mol. The number of rotatable bonds is 4. The van der Waals surface area contributed by atoms with Crippen molar-refractivity contribution in [2.45, 2.75) is 45.7 Å². The van der Waals surface area contributed by atoms with Crippen LogP contribution in [0.3, 0.4) is 0 Å². The van der Waals surface area contributed by atoms with Crippen molar-refractivity contribution in [3.63, 3.8) is 0 Å². The molecule has 23 heavy (non-hydrogen) atoms. The van der Waals surface area contributed by atoms with E-state index in [1.165, 1.54) is 22.4 Å². The van der Waals surface area contributed by atoms with Gasteiger partial charge in [0, 0.05) is 16.7 Å². The van der Waals surface area contributed by atoms with Crippen LogP contribution in [-0.4, -0.2) is 17.0 Å².